The molecule has 0 saturated carbocycles. The predicted octanol–water partition coefficient (Wildman–Crippen LogP) is -5.65. The van der Waals surface area contributed by atoms with Gasteiger partial charge >= 0.3 is 21.7 Å². The van der Waals surface area contributed by atoms with E-state index in [0.29, 0.717) is 5.92 Å². The van der Waals surface area contributed by atoms with Gasteiger partial charge in [-0.05, 0) is 0 Å². The molecule has 0 saturated heterocycles. The summed E-state index contributed by atoms with van der Waals surface area (Å²) in [6.07, 6.45) is 6.11. The molecule has 1 aliphatic carbocycles. The Hall–Kier alpha value is -0.0188. The maximum atomic E-state index is 3.64. The molecule has 124 valence electrons. The molecule has 0 aromatic heterocycles. The van der Waals surface area contributed by atoms with Crippen LogP contribution in [0.15, 0.2) is 54.1 Å². The van der Waals surface area contributed by atoms with E-state index in [1.54, 1.807) is 0 Å². The largest absolute Gasteiger partial charge is 4.00 e. The Bertz CT molecular complexity index is 644. The molecule has 0 heterocycles. The average molecular weight is 430 g/mol. The summed E-state index contributed by atoms with van der Waals surface area (Å²) in [5, 5.41) is 2.84. The SMILES string of the molecule is CCCC1C(C)=[C-]c2c([Si]c3ccccc3)cccc21.[Cl-].[Cl-].[Cl-].[Ti+4]. The fourth-order valence-corrected chi connectivity index (χ4v) is 4.14. The van der Waals surface area contributed by atoms with Gasteiger partial charge in [0.1, 0.15) is 0 Å². The van der Waals surface area contributed by atoms with Gasteiger partial charge in [-0.25, -0.2) is 0 Å². The molecule has 2 radical (unpaired) electrons. The van der Waals surface area contributed by atoms with E-state index in [-0.39, 0.29) is 58.9 Å². The van der Waals surface area contributed by atoms with Crippen LogP contribution in [0.5, 0.6) is 0 Å². The van der Waals surface area contributed by atoms with Crippen molar-refractivity contribution in [3.05, 3.63) is 71.3 Å². The van der Waals surface area contributed by atoms with Crippen molar-refractivity contribution in [3.63, 3.8) is 0 Å². The van der Waals surface area contributed by atoms with Gasteiger partial charge in [0.2, 0.25) is 0 Å². The molecule has 0 fully saturated rings. The second-order valence-corrected chi connectivity index (χ2v) is 6.78. The summed E-state index contributed by atoms with van der Waals surface area (Å²) in [5.41, 5.74) is 4.27. The van der Waals surface area contributed by atoms with E-state index in [1.165, 1.54) is 39.9 Å². The minimum Gasteiger partial charge on any atom is -1.00 e. The number of fused-ring (bicyclic) bond motifs is 1. The quantitative estimate of drug-likeness (QED) is 0.336. The number of benzene rings is 2. The first-order valence-corrected chi connectivity index (χ1v) is 8.35. The Morgan fingerprint density at radius 1 is 0.958 bits per heavy atom. The van der Waals surface area contributed by atoms with Crippen molar-refractivity contribution in [1.29, 1.82) is 0 Å². The summed E-state index contributed by atoms with van der Waals surface area (Å²) < 4.78 is 0. The zero-order valence-corrected chi connectivity index (χ0v) is 18.6. The van der Waals surface area contributed by atoms with E-state index in [9.17, 15) is 0 Å². The van der Waals surface area contributed by atoms with Crippen LogP contribution in [0.25, 0.3) is 0 Å². The van der Waals surface area contributed by atoms with E-state index in [1.807, 2.05) is 0 Å². The van der Waals surface area contributed by atoms with Crippen LogP contribution in [-0.2, 0) is 21.7 Å². The smallest absolute Gasteiger partial charge is 1.00 e. The van der Waals surface area contributed by atoms with E-state index >= 15 is 0 Å². The van der Waals surface area contributed by atoms with Gasteiger partial charge in [0.25, 0.3) is 0 Å². The van der Waals surface area contributed by atoms with Crippen molar-refractivity contribution in [3.8, 4) is 0 Å². The molecule has 0 nitrogen and oxygen atoms in total. The summed E-state index contributed by atoms with van der Waals surface area (Å²) in [5.74, 6) is 0.593. The number of halogens is 3. The standard InChI is InChI=1S/C19H19Si.3ClH.Ti/c1-3-8-16-14(2)13-18-17(16)11-7-12-19(18)20-15-9-5-4-6-10-15;;;;/h4-7,9-12,16H,3,8H2,1-2H3;3*1H;/q-1;;;;+4/p-3. The van der Waals surface area contributed by atoms with Crippen molar-refractivity contribution in [2.45, 2.75) is 32.6 Å². The molecule has 5 heteroatoms. The van der Waals surface area contributed by atoms with Gasteiger partial charge in [0, 0.05) is 9.52 Å². The third-order valence-electron chi connectivity index (χ3n) is 3.95. The minimum atomic E-state index is 0. The third kappa shape index (κ3) is 5.76. The molecular weight excluding hydrogens is 411 g/mol. The predicted molar refractivity (Wildman–Crippen MR) is 87.1 cm³/mol. The van der Waals surface area contributed by atoms with Crippen LogP contribution >= 0.6 is 0 Å². The summed E-state index contributed by atoms with van der Waals surface area (Å²) in [7, 11) is 0.724. The second-order valence-electron chi connectivity index (χ2n) is 5.41. The molecule has 1 unspecified atom stereocenters. The molecule has 24 heavy (non-hydrogen) atoms. The Morgan fingerprint density at radius 3 is 2.25 bits per heavy atom. The summed E-state index contributed by atoms with van der Waals surface area (Å²) in [6.45, 7) is 4.50. The van der Waals surface area contributed by atoms with E-state index < -0.39 is 0 Å². The van der Waals surface area contributed by atoms with Crippen LogP contribution in [0.2, 0.25) is 0 Å². The maximum absolute atomic E-state index is 3.64. The molecule has 2 aromatic carbocycles. The third-order valence-corrected chi connectivity index (χ3v) is 5.26. The van der Waals surface area contributed by atoms with Crippen molar-refractivity contribution < 1.29 is 58.9 Å². The molecule has 1 aliphatic rings. The van der Waals surface area contributed by atoms with Crippen LogP contribution < -0.4 is 47.6 Å². The minimum absolute atomic E-state index is 0. The fraction of sp³-hybridized carbons (Fsp3) is 0.263. The van der Waals surface area contributed by atoms with E-state index in [0.717, 1.165) is 9.52 Å². The van der Waals surface area contributed by atoms with Gasteiger partial charge in [0.05, 0.1) is 0 Å². The van der Waals surface area contributed by atoms with Gasteiger partial charge < -0.3 is 37.2 Å². The monoisotopic (exact) mass is 428 g/mol. The van der Waals surface area contributed by atoms with Crippen molar-refractivity contribution in [2.24, 2.45) is 0 Å². The number of hydrogen-bond acceptors (Lipinski definition) is 0. The molecule has 0 spiro atoms. The number of hydrogen-bond donors (Lipinski definition) is 0. The van der Waals surface area contributed by atoms with Gasteiger partial charge in [-0.2, -0.15) is 16.8 Å². The zero-order valence-electron chi connectivity index (χ0n) is 13.7. The molecule has 2 aromatic rings. The van der Waals surface area contributed by atoms with Gasteiger partial charge in [0.15, 0.2) is 0 Å². The topological polar surface area (TPSA) is 0 Å². The normalized spacial score (nSPS) is 14.1. The van der Waals surface area contributed by atoms with Crippen LogP contribution in [0.3, 0.4) is 0 Å². The molecular formula is C19H19Cl3SiTi. The van der Waals surface area contributed by atoms with Gasteiger partial charge in [-0.3, -0.25) is 0 Å². The molecule has 0 amide bonds. The molecule has 0 bridgehead atoms. The average Bonchev–Trinajstić information content (AvgIpc) is 2.78. The Labute approximate surface area is 181 Å². The Balaban J connectivity index is 0. The first kappa shape index (κ1) is 26.2. The molecule has 1 atom stereocenters. The number of rotatable bonds is 4. The van der Waals surface area contributed by atoms with Gasteiger partial charge in [-0.1, -0.05) is 74.2 Å². The van der Waals surface area contributed by atoms with Crippen molar-refractivity contribution >= 4 is 19.9 Å². The second kappa shape index (κ2) is 12.4. The van der Waals surface area contributed by atoms with E-state index in [4.69, 9.17) is 0 Å². The first-order chi connectivity index (χ1) is 9.79. The molecule has 3 rings (SSSR count). The Kier molecular flexibility index (Phi) is 13.5. The summed E-state index contributed by atoms with van der Waals surface area (Å²) >= 11 is 0. The van der Waals surface area contributed by atoms with Crippen molar-refractivity contribution in [2.75, 3.05) is 0 Å². The Morgan fingerprint density at radius 2 is 1.62 bits per heavy atom. The van der Waals surface area contributed by atoms with Crippen LogP contribution in [0.1, 0.15) is 43.7 Å². The summed E-state index contributed by atoms with van der Waals surface area (Å²) in [4.78, 5) is 0. The van der Waals surface area contributed by atoms with Crippen LogP contribution in [0, 0.1) is 6.08 Å². The fourth-order valence-electron chi connectivity index (χ4n) is 2.96. The van der Waals surface area contributed by atoms with Crippen molar-refractivity contribution in [1.82, 2.24) is 0 Å². The van der Waals surface area contributed by atoms with Crippen LogP contribution in [0.4, 0.5) is 0 Å². The summed E-state index contributed by atoms with van der Waals surface area (Å²) in [6, 6.07) is 17.5. The first-order valence-electron chi connectivity index (χ1n) is 7.35. The van der Waals surface area contributed by atoms with Crippen LogP contribution in [-0.4, -0.2) is 9.52 Å². The zero-order chi connectivity index (χ0) is 13.9. The molecule has 0 aliphatic heterocycles. The van der Waals surface area contributed by atoms with E-state index in [2.05, 4.69) is 68.5 Å². The molecule has 0 N–H and O–H groups in total. The maximum Gasteiger partial charge on any atom is 4.00 e. The number of allylic oxidation sites excluding steroid dienone is 1. The van der Waals surface area contributed by atoms with Gasteiger partial charge in [-0.15, -0.1) is 23.3 Å².